The number of benzene rings is 1. The molecule has 0 bridgehead atoms. The first-order valence-corrected chi connectivity index (χ1v) is 8.51. The lowest BCUT2D eigenvalue weighted by Crippen LogP contribution is -2.52. The van der Waals surface area contributed by atoms with E-state index >= 15 is 0 Å². The largest absolute Gasteiger partial charge is 0.496 e. The molecule has 2 heterocycles. The lowest BCUT2D eigenvalue weighted by atomic mass is 10.1. The van der Waals surface area contributed by atoms with Crippen molar-refractivity contribution in [1.29, 1.82) is 0 Å². The summed E-state index contributed by atoms with van der Waals surface area (Å²) in [7, 11) is 1.53. The van der Waals surface area contributed by atoms with Crippen LogP contribution < -0.4 is 4.74 Å². The third-order valence-electron chi connectivity index (χ3n) is 4.48. The van der Waals surface area contributed by atoms with E-state index in [1.165, 1.54) is 7.11 Å². The molecule has 1 aromatic rings. The average Bonchev–Trinajstić information content (AvgIpc) is 3.15. The van der Waals surface area contributed by atoms with E-state index < -0.39 is 0 Å². The van der Waals surface area contributed by atoms with Gasteiger partial charge in [0.25, 0.3) is 11.8 Å². The van der Waals surface area contributed by atoms with Gasteiger partial charge in [-0.05, 0) is 31.0 Å². The monoisotopic (exact) mass is 352 g/mol. The van der Waals surface area contributed by atoms with Gasteiger partial charge in [0.05, 0.1) is 12.7 Å². The summed E-state index contributed by atoms with van der Waals surface area (Å²) in [4.78, 5) is 28.6. The summed E-state index contributed by atoms with van der Waals surface area (Å²) in [5.74, 6) is 0.417. The molecule has 0 spiro atoms. The van der Waals surface area contributed by atoms with Gasteiger partial charge in [-0.1, -0.05) is 11.6 Å². The zero-order valence-corrected chi connectivity index (χ0v) is 14.4. The zero-order valence-electron chi connectivity index (χ0n) is 13.7. The number of halogens is 1. The Morgan fingerprint density at radius 2 is 1.92 bits per heavy atom. The summed E-state index contributed by atoms with van der Waals surface area (Å²) in [5, 5.41) is 0.492. The molecule has 1 atom stereocenters. The first-order valence-electron chi connectivity index (χ1n) is 8.13. The van der Waals surface area contributed by atoms with Crippen molar-refractivity contribution < 1.29 is 19.1 Å². The summed E-state index contributed by atoms with van der Waals surface area (Å²) in [5.41, 5.74) is 0.448. The Kier molecular flexibility index (Phi) is 5.26. The molecule has 130 valence electrons. The van der Waals surface area contributed by atoms with Crippen LogP contribution in [0.1, 0.15) is 23.2 Å². The van der Waals surface area contributed by atoms with Gasteiger partial charge in [0.15, 0.2) is 0 Å². The van der Waals surface area contributed by atoms with Crippen LogP contribution >= 0.6 is 11.6 Å². The molecule has 2 amide bonds. The molecule has 24 heavy (non-hydrogen) atoms. The van der Waals surface area contributed by atoms with Gasteiger partial charge < -0.3 is 19.3 Å². The highest BCUT2D eigenvalue weighted by Gasteiger charge is 2.32. The molecule has 0 saturated carbocycles. The highest BCUT2D eigenvalue weighted by atomic mass is 35.5. The smallest absolute Gasteiger partial charge is 0.257 e. The summed E-state index contributed by atoms with van der Waals surface area (Å²) in [6.45, 7) is 2.68. The van der Waals surface area contributed by atoms with Crippen LogP contribution in [0.25, 0.3) is 0 Å². The van der Waals surface area contributed by atoms with Gasteiger partial charge in [0.2, 0.25) is 0 Å². The van der Waals surface area contributed by atoms with E-state index in [2.05, 4.69) is 0 Å². The molecule has 2 aliphatic rings. The lowest BCUT2D eigenvalue weighted by Gasteiger charge is -2.36. The van der Waals surface area contributed by atoms with E-state index in [9.17, 15) is 9.59 Å². The number of hydrogen-bond acceptors (Lipinski definition) is 4. The van der Waals surface area contributed by atoms with E-state index in [1.54, 1.807) is 28.0 Å². The van der Waals surface area contributed by atoms with Gasteiger partial charge in [-0.2, -0.15) is 0 Å². The Morgan fingerprint density at radius 1 is 1.21 bits per heavy atom. The van der Waals surface area contributed by atoms with Crippen LogP contribution in [0.5, 0.6) is 5.75 Å². The molecular formula is C17H21ClN2O4. The standard InChI is InChI=1S/C17H21ClN2O4/c1-23-14-5-4-12(18)11-13(14)16(21)19-6-8-20(9-7-19)17(22)15-3-2-10-24-15/h4-5,11,15H,2-3,6-10H2,1H3. The van der Waals surface area contributed by atoms with Gasteiger partial charge in [-0.15, -0.1) is 0 Å². The number of rotatable bonds is 3. The SMILES string of the molecule is COc1ccc(Cl)cc1C(=O)N1CCN(C(=O)C2CCCO2)CC1. The van der Waals surface area contributed by atoms with Crippen molar-refractivity contribution in [2.24, 2.45) is 0 Å². The molecular weight excluding hydrogens is 332 g/mol. The van der Waals surface area contributed by atoms with Crippen LogP contribution in [0.4, 0.5) is 0 Å². The fourth-order valence-electron chi connectivity index (χ4n) is 3.12. The fraction of sp³-hybridized carbons (Fsp3) is 0.529. The Labute approximate surface area is 146 Å². The van der Waals surface area contributed by atoms with E-state index in [1.807, 2.05) is 0 Å². The Hall–Kier alpha value is -1.79. The van der Waals surface area contributed by atoms with Crippen molar-refractivity contribution in [3.05, 3.63) is 28.8 Å². The second kappa shape index (κ2) is 7.40. The van der Waals surface area contributed by atoms with Crippen LogP contribution in [-0.2, 0) is 9.53 Å². The molecule has 3 rings (SSSR count). The van der Waals surface area contributed by atoms with Crippen LogP contribution in [0.3, 0.4) is 0 Å². The second-order valence-electron chi connectivity index (χ2n) is 5.96. The van der Waals surface area contributed by atoms with Crippen LogP contribution in [0, 0.1) is 0 Å². The van der Waals surface area contributed by atoms with Gasteiger partial charge in [-0.3, -0.25) is 9.59 Å². The number of methoxy groups -OCH3 is 1. The zero-order chi connectivity index (χ0) is 17.1. The first-order chi connectivity index (χ1) is 11.6. The molecule has 2 aliphatic heterocycles. The highest BCUT2D eigenvalue weighted by Crippen LogP contribution is 2.25. The number of piperazine rings is 1. The molecule has 0 N–H and O–H groups in total. The number of ether oxygens (including phenoxy) is 2. The maximum atomic E-state index is 12.7. The van der Waals surface area contributed by atoms with E-state index in [-0.39, 0.29) is 17.9 Å². The maximum Gasteiger partial charge on any atom is 0.257 e. The van der Waals surface area contributed by atoms with Gasteiger partial charge >= 0.3 is 0 Å². The van der Waals surface area contributed by atoms with Gasteiger partial charge in [0, 0.05) is 37.8 Å². The molecule has 0 aromatic heterocycles. The predicted molar refractivity (Wildman–Crippen MR) is 89.5 cm³/mol. The quantitative estimate of drug-likeness (QED) is 0.832. The first kappa shape index (κ1) is 17.0. The molecule has 0 aliphatic carbocycles. The van der Waals surface area contributed by atoms with Crippen molar-refractivity contribution in [3.8, 4) is 5.75 Å². The maximum absolute atomic E-state index is 12.7. The summed E-state index contributed by atoms with van der Waals surface area (Å²) in [6.07, 6.45) is 1.42. The summed E-state index contributed by atoms with van der Waals surface area (Å²) >= 11 is 6.00. The number of nitrogens with zero attached hydrogens (tertiary/aromatic N) is 2. The molecule has 0 radical (unpaired) electrons. The number of carbonyl (C=O) groups is 2. The van der Waals surface area contributed by atoms with Crippen molar-refractivity contribution in [2.75, 3.05) is 39.9 Å². The van der Waals surface area contributed by atoms with Crippen LogP contribution in [0.15, 0.2) is 18.2 Å². The molecule has 6 nitrogen and oxygen atoms in total. The highest BCUT2D eigenvalue weighted by molar-refractivity contribution is 6.31. The number of amides is 2. The Balaban J connectivity index is 1.63. The minimum absolute atomic E-state index is 0.0416. The Bertz CT molecular complexity index is 623. The van der Waals surface area contributed by atoms with Crippen LogP contribution in [-0.4, -0.2) is 67.6 Å². The van der Waals surface area contributed by atoms with Crippen molar-refractivity contribution in [3.63, 3.8) is 0 Å². The second-order valence-corrected chi connectivity index (χ2v) is 6.40. The predicted octanol–water partition coefficient (Wildman–Crippen LogP) is 1.81. The topological polar surface area (TPSA) is 59.1 Å². The van der Waals surface area contributed by atoms with Gasteiger partial charge in [0.1, 0.15) is 11.9 Å². The summed E-state index contributed by atoms with van der Waals surface area (Å²) < 4.78 is 10.7. The van der Waals surface area contributed by atoms with E-state index in [0.29, 0.717) is 49.1 Å². The normalized spacial score (nSPS) is 21.0. The molecule has 2 fully saturated rings. The lowest BCUT2D eigenvalue weighted by molar-refractivity contribution is -0.142. The minimum Gasteiger partial charge on any atom is -0.496 e. The average molecular weight is 353 g/mol. The van der Waals surface area contributed by atoms with Crippen molar-refractivity contribution >= 4 is 23.4 Å². The number of carbonyl (C=O) groups excluding carboxylic acids is 2. The number of hydrogen-bond donors (Lipinski definition) is 0. The van der Waals surface area contributed by atoms with Crippen molar-refractivity contribution in [2.45, 2.75) is 18.9 Å². The minimum atomic E-state index is -0.305. The summed E-state index contributed by atoms with van der Waals surface area (Å²) in [6, 6.07) is 4.99. The van der Waals surface area contributed by atoms with E-state index in [4.69, 9.17) is 21.1 Å². The van der Waals surface area contributed by atoms with Crippen molar-refractivity contribution in [1.82, 2.24) is 9.80 Å². The van der Waals surface area contributed by atoms with Crippen LogP contribution in [0.2, 0.25) is 5.02 Å². The molecule has 1 unspecified atom stereocenters. The molecule has 2 saturated heterocycles. The van der Waals surface area contributed by atoms with Gasteiger partial charge in [-0.25, -0.2) is 0 Å². The molecule has 1 aromatic carbocycles. The van der Waals surface area contributed by atoms with E-state index in [0.717, 1.165) is 12.8 Å². The third kappa shape index (κ3) is 3.49. The molecule has 7 heteroatoms. The fourth-order valence-corrected chi connectivity index (χ4v) is 3.30. The Morgan fingerprint density at radius 3 is 2.54 bits per heavy atom. The third-order valence-corrected chi connectivity index (χ3v) is 4.71.